The summed E-state index contributed by atoms with van der Waals surface area (Å²) < 4.78 is 1.23. The fourth-order valence-electron chi connectivity index (χ4n) is 3.45. The molecule has 1 amide bonds. The third-order valence-electron chi connectivity index (χ3n) is 5.47. The third-order valence-corrected chi connectivity index (χ3v) is 6.67. The number of fused-ring (bicyclic) bond motifs is 1. The van der Waals surface area contributed by atoms with Crippen LogP contribution in [0.4, 0.5) is 0 Å². The lowest BCUT2D eigenvalue weighted by Gasteiger charge is -2.31. The van der Waals surface area contributed by atoms with E-state index in [0.29, 0.717) is 12.5 Å². The van der Waals surface area contributed by atoms with Crippen LogP contribution in [0.2, 0.25) is 0 Å². The van der Waals surface area contributed by atoms with Crippen molar-refractivity contribution in [3.63, 3.8) is 0 Å². The van der Waals surface area contributed by atoms with Gasteiger partial charge in [-0.15, -0.1) is 11.3 Å². The first-order chi connectivity index (χ1) is 12.4. The van der Waals surface area contributed by atoms with E-state index < -0.39 is 5.54 Å². The summed E-state index contributed by atoms with van der Waals surface area (Å²) in [4.78, 5) is 18.6. The minimum absolute atomic E-state index is 0.0392. The minimum Gasteiger partial charge on any atom is -0.333 e. The van der Waals surface area contributed by atoms with E-state index in [1.807, 2.05) is 26.0 Å². The maximum atomic E-state index is 12.5. The largest absolute Gasteiger partial charge is 0.333 e. The number of para-hydroxylation sites is 1. The molecule has 5 nitrogen and oxygen atoms in total. The summed E-state index contributed by atoms with van der Waals surface area (Å²) in [7, 11) is 0. The smallest absolute Gasteiger partial charge is 0.276 e. The summed E-state index contributed by atoms with van der Waals surface area (Å²) in [6.45, 7) is 8.06. The van der Waals surface area contributed by atoms with Crippen LogP contribution in [0.5, 0.6) is 0 Å². The van der Waals surface area contributed by atoms with Crippen molar-refractivity contribution in [2.45, 2.75) is 45.1 Å². The highest BCUT2D eigenvalue weighted by molar-refractivity contribution is 7.18. The lowest BCUT2D eigenvalue weighted by atomic mass is 9.90. The Hall–Kier alpha value is -1.97. The Morgan fingerprint density at radius 2 is 2.27 bits per heavy atom. The van der Waals surface area contributed by atoms with Gasteiger partial charge in [0.15, 0.2) is 6.54 Å². The Morgan fingerprint density at radius 1 is 1.50 bits per heavy atom. The van der Waals surface area contributed by atoms with Crippen molar-refractivity contribution in [2.24, 2.45) is 5.92 Å². The number of thiazole rings is 1. The first-order valence-electron chi connectivity index (χ1n) is 9.32. The molecule has 0 spiro atoms. The van der Waals surface area contributed by atoms with Crippen molar-refractivity contribution in [1.29, 1.82) is 5.26 Å². The van der Waals surface area contributed by atoms with Gasteiger partial charge in [-0.25, -0.2) is 4.98 Å². The van der Waals surface area contributed by atoms with Crippen LogP contribution in [-0.2, 0) is 4.79 Å². The van der Waals surface area contributed by atoms with Gasteiger partial charge in [0.1, 0.15) is 10.5 Å². The maximum absolute atomic E-state index is 12.5. The molecular weight excluding hydrogens is 344 g/mol. The standard InChI is InChI=1S/C20H26N4OS/c1-14(2)20(3,13-21)23-18(25)12-24-10-6-7-15(11-24)19-22-16-8-4-5-9-17(16)26-19/h4-5,8-9,14-15H,6-7,10-12H2,1-3H3,(H,23,25)/p+1/t15-,20+/m0/s1. The highest BCUT2D eigenvalue weighted by Gasteiger charge is 2.33. The van der Waals surface area contributed by atoms with Crippen LogP contribution < -0.4 is 10.2 Å². The van der Waals surface area contributed by atoms with Crippen molar-refractivity contribution in [1.82, 2.24) is 10.3 Å². The van der Waals surface area contributed by atoms with E-state index >= 15 is 0 Å². The summed E-state index contributed by atoms with van der Waals surface area (Å²) in [5.74, 6) is 0.447. The number of nitrogens with zero attached hydrogens (tertiary/aromatic N) is 2. The lowest BCUT2D eigenvalue weighted by molar-refractivity contribution is -0.898. The van der Waals surface area contributed by atoms with Crippen LogP contribution in [0.25, 0.3) is 10.2 Å². The summed E-state index contributed by atoms with van der Waals surface area (Å²) in [6, 6.07) is 10.5. The molecule has 2 heterocycles. The summed E-state index contributed by atoms with van der Waals surface area (Å²) in [5, 5.41) is 13.5. The van der Waals surface area contributed by atoms with Gasteiger partial charge < -0.3 is 10.2 Å². The molecule has 0 radical (unpaired) electrons. The molecule has 0 bridgehead atoms. The van der Waals surface area contributed by atoms with Crippen LogP contribution in [0.15, 0.2) is 24.3 Å². The third kappa shape index (κ3) is 4.05. The predicted octanol–water partition coefficient (Wildman–Crippen LogP) is 2.11. The zero-order valence-electron chi connectivity index (χ0n) is 15.7. The van der Waals surface area contributed by atoms with Crippen molar-refractivity contribution < 1.29 is 9.69 Å². The van der Waals surface area contributed by atoms with Gasteiger partial charge >= 0.3 is 0 Å². The fourth-order valence-corrected chi connectivity index (χ4v) is 4.55. The number of nitrogens with one attached hydrogen (secondary N) is 2. The second kappa shape index (κ2) is 7.73. The van der Waals surface area contributed by atoms with Crippen LogP contribution in [-0.4, -0.2) is 36.1 Å². The first kappa shape index (κ1) is 18.8. The molecule has 0 aliphatic carbocycles. The number of hydrogen-bond acceptors (Lipinski definition) is 4. The number of benzene rings is 1. The number of carbonyl (C=O) groups excluding carboxylic acids is 1. The molecule has 1 aliphatic rings. The molecule has 3 atom stereocenters. The Kier molecular flexibility index (Phi) is 5.59. The topological polar surface area (TPSA) is 70.2 Å². The molecule has 1 unspecified atom stereocenters. The molecule has 0 saturated carbocycles. The minimum atomic E-state index is -0.807. The van der Waals surface area contributed by atoms with E-state index in [0.717, 1.165) is 31.4 Å². The van der Waals surface area contributed by atoms with Gasteiger partial charge in [-0.1, -0.05) is 26.0 Å². The Morgan fingerprint density at radius 3 is 2.96 bits per heavy atom. The molecule has 3 rings (SSSR count). The van der Waals surface area contributed by atoms with E-state index in [-0.39, 0.29) is 11.8 Å². The number of carbonyl (C=O) groups is 1. The molecular formula is C20H27N4OS+. The van der Waals surface area contributed by atoms with Crippen LogP contribution in [0.1, 0.15) is 44.5 Å². The van der Waals surface area contributed by atoms with E-state index in [4.69, 9.17) is 4.98 Å². The Balaban J connectivity index is 1.63. The number of quaternary nitrogens is 1. The van der Waals surface area contributed by atoms with Crippen LogP contribution in [0, 0.1) is 17.2 Å². The van der Waals surface area contributed by atoms with Crippen molar-refractivity contribution in [3.8, 4) is 6.07 Å². The maximum Gasteiger partial charge on any atom is 0.276 e. The van der Waals surface area contributed by atoms with E-state index in [9.17, 15) is 10.1 Å². The number of likely N-dealkylation sites (tertiary alicyclic amines) is 1. The number of amides is 1. The Labute approximate surface area is 159 Å². The molecule has 2 aromatic rings. The monoisotopic (exact) mass is 371 g/mol. The molecule has 1 aliphatic heterocycles. The highest BCUT2D eigenvalue weighted by atomic mass is 32.1. The van der Waals surface area contributed by atoms with Gasteiger partial charge in [0, 0.05) is 0 Å². The second-order valence-electron chi connectivity index (χ2n) is 7.76. The average molecular weight is 372 g/mol. The SMILES string of the molecule is CC(C)[C@@](C)(C#N)NC(=O)C[NH+]1CCC[C@H](c2nc3ccccc3s2)C1. The quantitative estimate of drug-likeness (QED) is 0.846. The Bertz CT molecular complexity index is 792. The van der Waals surface area contributed by atoms with Gasteiger partial charge in [0.25, 0.3) is 5.91 Å². The van der Waals surface area contributed by atoms with Gasteiger partial charge in [0.05, 0.1) is 35.3 Å². The summed E-state index contributed by atoms with van der Waals surface area (Å²) >= 11 is 1.77. The van der Waals surface area contributed by atoms with Crippen molar-refractivity contribution in [3.05, 3.63) is 29.3 Å². The van der Waals surface area contributed by atoms with Gasteiger partial charge in [-0.2, -0.15) is 5.26 Å². The van der Waals surface area contributed by atoms with Crippen LogP contribution >= 0.6 is 11.3 Å². The van der Waals surface area contributed by atoms with Gasteiger partial charge in [0.2, 0.25) is 0 Å². The molecule has 1 fully saturated rings. The zero-order chi connectivity index (χ0) is 18.7. The first-order valence-corrected chi connectivity index (χ1v) is 10.1. The lowest BCUT2D eigenvalue weighted by Crippen LogP contribution is -3.14. The number of hydrogen-bond donors (Lipinski definition) is 2. The van der Waals surface area contributed by atoms with Crippen molar-refractivity contribution in [2.75, 3.05) is 19.6 Å². The zero-order valence-corrected chi connectivity index (χ0v) is 16.5. The molecule has 6 heteroatoms. The average Bonchev–Trinajstić information content (AvgIpc) is 3.05. The van der Waals surface area contributed by atoms with E-state index in [1.165, 1.54) is 14.6 Å². The van der Waals surface area contributed by atoms with Gasteiger partial charge in [-0.3, -0.25) is 4.79 Å². The van der Waals surface area contributed by atoms with Crippen LogP contribution in [0.3, 0.4) is 0 Å². The number of nitriles is 1. The summed E-state index contributed by atoms with van der Waals surface area (Å²) in [6.07, 6.45) is 2.23. The number of rotatable bonds is 5. The number of piperidine rings is 1. The molecule has 2 N–H and O–H groups in total. The molecule has 1 saturated heterocycles. The number of aromatic nitrogens is 1. The molecule has 138 valence electrons. The van der Waals surface area contributed by atoms with E-state index in [2.05, 4.69) is 23.5 Å². The fraction of sp³-hybridized carbons (Fsp3) is 0.550. The van der Waals surface area contributed by atoms with Crippen molar-refractivity contribution >= 4 is 27.5 Å². The molecule has 1 aromatic carbocycles. The van der Waals surface area contributed by atoms with Gasteiger partial charge in [-0.05, 0) is 37.8 Å². The molecule has 26 heavy (non-hydrogen) atoms. The highest BCUT2D eigenvalue weighted by Crippen LogP contribution is 2.30. The molecule has 1 aromatic heterocycles. The second-order valence-corrected chi connectivity index (χ2v) is 8.82. The van der Waals surface area contributed by atoms with E-state index in [1.54, 1.807) is 18.3 Å². The normalized spacial score (nSPS) is 22.7. The summed E-state index contributed by atoms with van der Waals surface area (Å²) in [5.41, 5.74) is 0.262. The predicted molar refractivity (Wildman–Crippen MR) is 104 cm³/mol.